The van der Waals surface area contributed by atoms with Crippen LogP contribution in [-0.2, 0) is 16.6 Å². The van der Waals surface area contributed by atoms with Crippen molar-refractivity contribution in [3.05, 3.63) is 40.3 Å². The molecule has 0 aliphatic rings. The molecule has 0 saturated carbocycles. The number of nitrogens with zero attached hydrogens (tertiary/aromatic N) is 2. The molecule has 0 radical (unpaired) electrons. The summed E-state index contributed by atoms with van der Waals surface area (Å²) >= 11 is 0. The number of nitrogens with one attached hydrogen (secondary N) is 2. The lowest BCUT2D eigenvalue weighted by Crippen LogP contribution is -2.39. The number of carbonyl (C=O) groups is 2. The van der Waals surface area contributed by atoms with E-state index < -0.39 is 5.91 Å². The highest BCUT2D eigenvalue weighted by molar-refractivity contribution is 6.05. The van der Waals surface area contributed by atoms with Crippen molar-refractivity contribution in [1.29, 1.82) is 0 Å². The zero-order valence-corrected chi connectivity index (χ0v) is 13.0. The third-order valence-electron chi connectivity index (χ3n) is 3.21. The molecule has 2 rings (SSSR count). The van der Waals surface area contributed by atoms with Gasteiger partial charge in [0.1, 0.15) is 0 Å². The van der Waals surface area contributed by atoms with Crippen LogP contribution in [0.3, 0.4) is 0 Å². The number of benzene rings is 1. The lowest BCUT2D eigenvalue weighted by atomic mass is 10.1. The van der Waals surface area contributed by atoms with Gasteiger partial charge in [-0.3, -0.25) is 14.4 Å². The van der Waals surface area contributed by atoms with Gasteiger partial charge in [0.2, 0.25) is 5.91 Å². The first kappa shape index (κ1) is 16.6. The van der Waals surface area contributed by atoms with E-state index in [4.69, 9.17) is 4.74 Å². The average molecular weight is 318 g/mol. The maximum atomic E-state index is 12.3. The van der Waals surface area contributed by atoms with Gasteiger partial charge in [-0.1, -0.05) is 18.2 Å². The van der Waals surface area contributed by atoms with E-state index in [1.807, 2.05) is 0 Å². The van der Waals surface area contributed by atoms with E-state index >= 15 is 0 Å². The fourth-order valence-electron chi connectivity index (χ4n) is 2.07. The van der Waals surface area contributed by atoms with Gasteiger partial charge < -0.3 is 15.4 Å². The number of carbonyl (C=O) groups excluding carboxylic acids is 2. The third-order valence-corrected chi connectivity index (χ3v) is 3.21. The molecule has 0 atom stereocenters. The summed E-state index contributed by atoms with van der Waals surface area (Å²) in [5, 5.41) is 9.94. The zero-order valence-electron chi connectivity index (χ0n) is 13.0. The molecule has 2 aromatic rings. The predicted octanol–water partition coefficient (Wildman–Crippen LogP) is -0.574. The minimum Gasteiger partial charge on any atom is -0.383 e. The molecule has 0 aliphatic carbocycles. The zero-order chi connectivity index (χ0) is 16.8. The first-order chi connectivity index (χ1) is 11.0. The normalized spacial score (nSPS) is 10.5. The second kappa shape index (κ2) is 7.50. The van der Waals surface area contributed by atoms with E-state index in [9.17, 15) is 14.4 Å². The second-order valence-electron chi connectivity index (χ2n) is 4.85. The smallest absolute Gasteiger partial charge is 0.274 e. The maximum absolute atomic E-state index is 12.3. The van der Waals surface area contributed by atoms with Crippen LogP contribution >= 0.6 is 0 Å². The molecule has 1 heterocycles. The van der Waals surface area contributed by atoms with E-state index in [0.29, 0.717) is 23.9 Å². The topological polar surface area (TPSA) is 102 Å². The van der Waals surface area contributed by atoms with E-state index in [0.717, 1.165) is 4.68 Å². The molecule has 23 heavy (non-hydrogen) atoms. The van der Waals surface area contributed by atoms with Crippen LogP contribution in [0.2, 0.25) is 0 Å². The Morgan fingerprint density at radius 2 is 1.91 bits per heavy atom. The van der Waals surface area contributed by atoms with Gasteiger partial charge in [0, 0.05) is 26.1 Å². The van der Waals surface area contributed by atoms with E-state index in [-0.39, 0.29) is 23.7 Å². The molecule has 0 unspecified atom stereocenters. The summed E-state index contributed by atoms with van der Waals surface area (Å²) in [6.45, 7) is 0.584. The van der Waals surface area contributed by atoms with Crippen LogP contribution < -0.4 is 16.2 Å². The van der Waals surface area contributed by atoms with Crippen molar-refractivity contribution in [1.82, 2.24) is 20.4 Å². The number of aryl methyl sites for hydroxylation is 1. The molecule has 1 aromatic heterocycles. The van der Waals surface area contributed by atoms with Crippen molar-refractivity contribution in [2.24, 2.45) is 7.05 Å². The Morgan fingerprint density at radius 1 is 1.22 bits per heavy atom. The predicted molar refractivity (Wildman–Crippen MR) is 84.2 cm³/mol. The molecule has 8 nitrogen and oxygen atoms in total. The van der Waals surface area contributed by atoms with Crippen molar-refractivity contribution >= 4 is 22.6 Å². The van der Waals surface area contributed by atoms with Crippen LogP contribution in [0, 0.1) is 0 Å². The highest BCUT2D eigenvalue weighted by Crippen LogP contribution is 2.12. The SMILES string of the molecule is COCCNC(=O)CNC(=O)c1nn(C)c(=O)c2ccccc12. The Balaban J connectivity index is 2.14. The molecule has 2 N–H and O–H groups in total. The van der Waals surface area contributed by atoms with Crippen molar-refractivity contribution in [2.75, 3.05) is 26.8 Å². The lowest BCUT2D eigenvalue weighted by Gasteiger charge is -2.09. The van der Waals surface area contributed by atoms with Crippen molar-refractivity contribution in [2.45, 2.75) is 0 Å². The van der Waals surface area contributed by atoms with Crippen LogP contribution in [0.25, 0.3) is 10.8 Å². The van der Waals surface area contributed by atoms with E-state index in [1.165, 1.54) is 14.2 Å². The number of methoxy groups -OCH3 is 1. The molecule has 0 saturated heterocycles. The Morgan fingerprint density at radius 3 is 2.61 bits per heavy atom. The molecular weight excluding hydrogens is 300 g/mol. The summed E-state index contributed by atoms with van der Waals surface area (Å²) in [6.07, 6.45) is 0. The number of aromatic nitrogens is 2. The minimum absolute atomic E-state index is 0.104. The van der Waals surface area contributed by atoms with Crippen LogP contribution in [0.5, 0.6) is 0 Å². The largest absolute Gasteiger partial charge is 0.383 e. The second-order valence-corrected chi connectivity index (χ2v) is 4.85. The Hall–Kier alpha value is -2.74. The summed E-state index contributed by atoms with van der Waals surface area (Å²) in [7, 11) is 3.01. The van der Waals surface area contributed by atoms with Gasteiger partial charge in [-0.05, 0) is 6.07 Å². The van der Waals surface area contributed by atoms with Gasteiger partial charge in [-0.15, -0.1) is 0 Å². The lowest BCUT2D eigenvalue weighted by molar-refractivity contribution is -0.120. The maximum Gasteiger partial charge on any atom is 0.274 e. The number of ether oxygens (including phenoxy) is 1. The van der Waals surface area contributed by atoms with Crippen molar-refractivity contribution in [3.8, 4) is 0 Å². The highest BCUT2D eigenvalue weighted by atomic mass is 16.5. The van der Waals surface area contributed by atoms with E-state index in [1.54, 1.807) is 24.3 Å². The Labute approximate surface area is 132 Å². The van der Waals surface area contributed by atoms with Gasteiger partial charge in [0.05, 0.1) is 18.5 Å². The number of fused-ring (bicyclic) bond motifs is 1. The van der Waals surface area contributed by atoms with E-state index in [2.05, 4.69) is 15.7 Å². The number of rotatable bonds is 6. The molecular formula is C15H18N4O4. The number of hydrogen-bond acceptors (Lipinski definition) is 5. The van der Waals surface area contributed by atoms with Crippen molar-refractivity contribution < 1.29 is 14.3 Å². The Bertz CT molecular complexity index is 785. The summed E-state index contributed by atoms with van der Waals surface area (Å²) < 4.78 is 5.92. The van der Waals surface area contributed by atoms with Gasteiger partial charge in [0.15, 0.2) is 5.69 Å². The summed E-state index contributed by atoms with van der Waals surface area (Å²) in [6, 6.07) is 6.72. The molecule has 122 valence electrons. The molecule has 0 spiro atoms. The van der Waals surface area contributed by atoms with Crippen LogP contribution in [0.4, 0.5) is 0 Å². The highest BCUT2D eigenvalue weighted by Gasteiger charge is 2.16. The van der Waals surface area contributed by atoms with Crippen LogP contribution in [0.15, 0.2) is 29.1 Å². The first-order valence-corrected chi connectivity index (χ1v) is 7.04. The number of hydrogen-bond donors (Lipinski definition) is 2. The van der Waals surface area contributed by atoms with Crippen LogP contribution in [0.1, 0.15) is 10.5 Å². The average Bonchev–Trinajstić information content (AvgIpc) is 2.56. The van der Waals surface area contributed by atoms with Crippen LogP contribution in [-0.4, -0.2) is 48.4 Å². The standard InChI is InChI=1S/C15H18N4O4/c1-19-15(22)11-6-4-3-5-10(11)13(18-19)14(21)17-9-12(20)16-7-8-23-2/h3-6H,7-9H2,1-2H3,(H,16,20)(H,17,21). The summed E-state index contributed by atoms with van der Waals surface area (Å²) in [5.41, 5.74) is -0.179. The minimum atomic E-state index is -0.515. The quantitative estimate of drug-likeness (QED) is 0.694. The molecule has 0 fully saturated rings. The third kappa shape index (κ3) is 3.92. The van der Waals surface area contributed by atoms with Gasteiger partial charge in [0.25, 0.3) is 11.5 Å². The fourth-order valence-corrected chi connectivity index (χ4v) is 2.07. The van der Waals surface area contributed by atoms with Crippen molar-refractivity contribution in [3.63, 3.8) is 0 Å². The van der Waals surface area contributed by atoms with Gasteiger partial charge >= 0.3 is 0 Å². The summed E-state index contributed by atoms with van der Waals surface area (Å²) in [4.78, 5) is 35.9. The molecule has 2 amide bonds. The van der Waals surface area contributed by atoms with Gasteiger partial charge in [-0.2, -0.15) is 5.10 Å². The monoisotopic (exact) mass is 318 g/mol. The molecule has 0 bridgehead atoms. The molecule has 1 aromatic carbocycles. The van der Waals surface area contributed by atoms with Gasteiger partial charge in [-0.25, -0.2) is 4.68 Å². The first-order valence-electron chi connectivity index (χ1n) is 7.04. The molecule has 8 heteroatoms. The summed E-state index contributed by atoms with van der Waals surface area (Å²) in [5.74, 6) is -0.844. The fraction of sp³-hybridized carbons (Fsp3) is 0.333. The molecule has 0 aliphatic heterocycles. The number of amides is 2. The Kier molecular flexibility index (Phi) is 5.42.